The predicted octanol–water partition coefficient (Wildman–Crippen LogP) is 14.6. The minimum absolute atomic E-state index is 0.389. The normalized spacial score (nSPS) is 12.2. The fourth-order valence-corrected chi connectivity index (χ4v) is 12.5. The van der Waals surface area contributed by atoms with Gasteiger partial charge in [0.1, 0.15) is 0 Å². The van der Waals surface area contributed by atoms with E-state index in [0.717, 1.165) is 79.6 Å². The minimum atomic E-state index is -0.549. The van der Waals surface area contributed by atoms with E-state index >= 15 is 0 Å². The molecule has 366 valence electrons. The van der Waals surface area contributed by atoms with Crippen molar-refractivity contribution >= 4 is 103 Å². The van der Waals surface area contributed by atoms with E-state index in [1.54, 1.807) is 23.5 Å². The average molecular weight is 1030 g/mol. The Balaban J connectivity index is 0.743. The van der Waals surface area contributed by atoms with Crippen LogP contribution in [0.25, 0.3) is 0 Å². The number of benzene rings is 8. The Morgan fingerprint density at radius 2 is 0.597 bits per heavy atom. The molecule has 2 atom stereocenters. The Morgan fingerprint density at radius 1 is 0.333 bits per heavy atom. The zero-order chi connectivity index (χ0) is 49.4. The van der Waals surface area contributed by atoms with Gasteiger partial charge in [0.05, 0.1) is 49.1 Å². The summed E-state index contributed by atoms with van der Waals surface area (Å²) >= 11 is 3.54. The molecule has 0 saturated heterocycles. The van der Waals surface area contributed by atoms with Gasteiger partial charge in [0.15, 0.2) is 0 Å². The highest BCUT2D eigenvalue weighted by Gasteiger charge is 2.16. The van der Waals surface area contributed by atoms with Crippen molar-refractivity contribution in [3.8, 4) is 0 Å². The SMILES string of the molecule is OC(CSCCSSCCSCC(O)CN(/N=C/c1ccc(N(c2ccccc2)c2ccccc2)cc1)c1ccccc1)CN(/N=C/c1ccc(N(c2ccccc2)c2ccccc2)cc1)c1ccccc1. The molecule has 12 heteroatoms. The average Bonchev–Trinajstić information content (AvgIpc) is 3.44. The lowest BCUT2D eigenvalue weighted by Gasteiger charge is -2.25. The molecule has 8 nitrogen and oxygen atoms in total. The lowest BCUT2D eigenvalue weighted by atomic mass is 10.1. The standard InChI is InChI=1S/C60H60N6O2S4/c67-59(45-63(51-19-7-1-8-20-51)61-43-49-31-35-57(36-32-49)65(53-23-11-3-12-24-53)54-25-13-4-14-26-54)47-69-39-41-71-72-42-40-70-48-60(68)46-64(52-21-9-2-10-22-52)62-44-50-33-37-58(38-34-50)66(55-27-15-5-16-28-55)56-29-17-6-18-30-56/h1-38,43-44,59-60,67-68H,39-42,45-48H2/b61-43+,62-44+. The van der Waals surface area contributed by atoms with E-state index in [-0.39, 0.29) is 0 Å². The molecule has 0 fully saturated rings. The molecule has 0 aliphatic carbocycles. The first-order valence-corrected chi connectivity index (χ1v) is 28.9. The van der Waals surface area contributed by atoms with Crippen molar-refractivity contribution < 1.29 is 10.2 Å². The van der Waals surface area contributed by atoms with E-state index in [1.807, 2.05) is 129 Å². The number of para-hydroxylation sites is 6. The molecule has 0 amide bonds. The third-order valence-corrected chi connectivity index (χ3v) is 16.4. The third kappa shape index (κ3) is 16.1. The quantitative estimate of drug-likeness (QED) is 0.0225. The lowest BCUT2D eigenvalue weighted by molar-refractivity contribution is 0.204. The van der Waals surface area contributed by atoms with Gasteiger partial charge in [-0.3, -0.25) is 10.0 Å². The maximum atomic E-state index is 11.1. The number of hydrazone groups is 2. The molecule has 8 rings (SSSR count). The second-order valence-corrected chi connectivity index (χ2v) is 21.6. The maximum absolute atomic E-state index is 11.1. The molecule has 2 unspecified atom stereocenters. The maximum Gasteiger partial charge on any atom is 0.0826 e. The fourth-order valence-electron chi connectivity index (χ4n) is 7.78. The summed E-state index contributed by atoms with van der Waals surface area (Å²) in [6.45, 7) is 0.777. The van der Waals surface area contributed by atoms with Gasteiger partial charge in [-0.25, -0.2) is 0 Å². The van der Waals surface area contributed by atoms with Crippen molar-refractivity contribution in [3.05, 3.63) is 242 Å². The van der Waals surface area contributed by atoms with E-state index in [9.17, 15) is 10.2 Å². The second-order valence-electron chi connectivity index (χ2n) is 16.6. The van der Waals surface area contributed by atoms with Gasteiger partial charge in [-0.2, -0.15) is 33.7 Å². The summed E-state index contributed by atoms with van der Waals surface area (Å²) < 4.78 is 0. The topological polar surface area (TPSA) is 78.1 Å². The van der Waals surface area contributed by atoms with Crippen molar-refractivity contribution in [1.29, 1.82) is 0 Å². The summed E-state index contributed by atoms with van der Waals surface area (Å²) in [6.07, 6.45) is 2.63. The van der Waals surface area contributed by atoms with E-state index in [1.165, 1.54) is 0 Å². The van der Waals surface area contributed by atoms with Crippen LogP contribution in [0.2, 0.25) is 0 Å². The van der Waals surface area contributed by atoms with Gasteiger partial charge in [-0.05, 0) is 108 Å². The zero-order valence-electron chi connectivity index (χ0n) is 40.1. The predicted molar refractivity (Wildman–Crippen MR) is 317 cm³/mol. The number of anilines is 8. The highest BCUT2D eigenvalue weighted by molar-refractivity contribution is 8.76. The van der Waals surface area contributed by atoms with Crippen molar-refractivity contribution in [2.45, 2.75) is 12.2 Å². The highest BCUT2D eigenvalue weighted by Crippen LogP contribution is 2.36. The van der Waals surface area contributed by atoms with Gasteiger partial charge in [0.25, 0.3) is 0 Å². The van der Waals surface area contributed by atoms with Crippen molar-refractivity contribution in [2.24, 2.45) is 10.2 Å². The van der Waals surface area contributed by atoms with Crippen LogP contribution in [0.3, 0.4) is 0 Å². The molecule has 0 aliphatic heterocycles. The molecule has 2 N–H and O–H groups in total. The number of hydrogen-bond acceptors (Lipinski definition) is 12. The van der Waals surface area contributed by atoms with Crippen LogP contribution in [0.5, 0.6) is 0 Å². The van der Waals surface area contributed by atoms with Crippen molar-refractivity contribution in [1.82, 2.24) is 0 Å². The first kappa shape index (κ1) is 52.0. The molecule has 0 saturated carbocycles. The molecular formula is C60H60N6O2S4. The largest absolute Gasteiger partial charge is 0.390 e. The van der Waals surface area contributed by atoms with Crippen LogP contribution in [0.4, 0.5) is 45.5 Å². The molecule has 72 heavy (non-hydrogen) atoms. The van der Waals surface area contributed by atoms with Crippen LogP contribution in [-0.4, -0.2) is 82.5 Å². The Kier molecular flexibility index (Phi) is 20.6. The highest BCUT2D eigenvalue weighted by atomic mass is 33.1. The van der Waals surface area contributed by atoms with Crippen LogP contribution >= 0.6 is 45.1 Å². The number of rotatable bonds is 27. The van der Waals surface area contributed by atoms with Gasteiger partial charge in [0.2, 0.25) is 0 Å². The van der Waals surface area contributed by atoms with Gasteiger partial charge >= 0.3 is 0 Å². The van der Waals surface area contributed by atoms with Crippen molar-refractivity contribution in [2.75, 3.05) is 67.4 Å². The fraction of sp³-hybridized carbons (Fsp3) is 0.167. The number of aliphatic hydroxyl groups is 2. The summed E-state index contributed by atoms with van der Waals surface area (Å²) in [5, 5.41) is 35.8. The molecule has 0 radical (unpaired) electrons. The van der Waals surface area contributed by atoms with E-state index < -0.39 is 12.2 Å². The van der Waals surface area contributed by atoms with Crippen LogP contribution in [0.1, 0.15) is 11.1 Å². The molecule has 0 heterocycles. The molecule has 0 aliphatic rings. The van der Waals surface area contributed by atoms with E-state index in [0.29, 0.717) is 24.6 Å². The molecule has 8 aromatic rings. The van der Waals surface area contributed by atoms with Gasteiger partial charge < -0.3 is 20.0 Å². The van der Waals surface area contributed by atoms with E-state index in [2.05, 4.69) is 155 Å². The Hall–Kier alpha value is -6.38. The zero-order valence-corrected chi connectivity index (χ0v) is 43.4. The number of thioether (sulfide) groups is 2. The summed E-state index contributed by atoms with van der Waals surface area (Å²) in [6, 6.07) is 78.3. The Labute approximate surface area is 441 Å². The van der Waals surface area contributed by atoms with Crippen LogP contribution < -0.4 is 19.8 Å². The number of nitrogens with zero attached hydrogens (tertiary/aromatic N) is 6. The molecule has 0 spiro atoms. The van der Waals surface area contributed by atoms with Gasteiger partial charge in [-0.15, -0.1) is 0 Å². The summed E-state index contributed by atoms with van der Waals surface area (Å²) in [4.78, 5) is 4.48. The molecule has 0 bridgehead atoms. The second kappa shape index (κ2) is 28.6. The third-order valence-electron chi connectivity index (χ3n) is 11.3. The summed E-state index contributed by atoms with van der Waals surface area (Å²) in [5.74, 6) is 5.13. The Bertz CT molecular complexity index is 2530. The monoisotopic (exact) mass is 1020 g/mol. The first-order chi connectivity index (χ1) is 35.6. The number of aliphatic hydroxyl groups excluding tert-OH is 2. The molecule has 8 aromatic carbocycles. The number of hydrogen-bond donors (Lipinski definition) is 2. The summed E-state index contributed by atoms with van der Waals surface area (Å²) in [5.41, 5.74) is 10.3. The van der Waals surface area contributed by atoms with Crippen LogP contribution in [0, 0.1) is 0 Å². The molecule has 0 aromatic heterocycles. The minimum Gasteiger partial charge on any atom is -0.390 e. The smallest absolute Gasteiger partial charge is 0.0826 e. The first-order valence-electron chi connectivity index (χ1n) is 24.1. The van der Waals surface area contributed by atoms with Crippen LogP contribution in [-0.2, 0) is 0 Å². The van der Waals surface area contributed by atoms with E-state index in [4.69, 9.17) is 10.2 Å². The van der Waals surface area contributed by atoms with Gasteiger partial charge in [0, 0.05) is 68.6 Å². The summed E-state index contributed by atoms with van der Waals surface area (Å²) in [7, 11) is 3.73. The molecular weight excluding hydrogens is 965 g/mol. The van der Waals surface area contributed by atoms with Gasteiger partial charge in [-0.1, -0.05) is 155 Å². The Morgan fingerprint density at radius 3 is 0.889 bits per heavy atom. The van der Waals surface area contributed by atoms with Crippen LogP contribution in [0.15, 0.2) is 241 Å². The van der Waals surface area contributed by atoms with Crippen molar-refractivity contribution in [3.63, 3.8) is 0 Å². The lowest BCUT2D eigenvalue weighted by Crippen LogP contribution is -2.30.